The van der Waals surface area contributed by atoms with E-state index >= 15 is 0 Å². The second-order valence-electron chi connectivity index (χ2n) is 7.04. The number of nitrogens with zero attached hydrogens (tertiary/aromatic N) is 3. The fourth-order valence-electron chi connectivity index (χ4n) is 3.90. The van der Waals surface area contributed by atoms with E-state index in [2.05, 4.69) is 38.9 Å². The summed E-state index contributed by atoms with van der Waals surface area (Å²) in [7, 11) is 3.36. The Morgan fingerprint density at radius 2 is 1.96 bits per heavy atom. The molecule has 6 nitrogen and oxygen atoms in total. The first kappa shape index (κ1) is 18.7. The van der Waals surface area contributed by atoms with Gasteiger partial charge in [0, 0.05) is 48.9 Å². The van der Waals surface area contributed by atoms with Crippen LogP contribution in [0.4, 0.5) is 0 Å². The largest absolute Gasteiger partial charge is 0.496 e. The highest BCUT2D eigenvalue weighted by molar-refractivity contribution is 5.59. The molecule has 146 valence electrons. The third-order valence-corrected chi connectivity index (χ3v) is 5.28. The van der Waals surface area contributed by atoms with Crippen LogP contribution in [0.15, 0.2) is 55.1 Å². The second-order valence-corrected chi connectivity index (χ2v) is 7.04. The molecule has 0 radical (unpaired) electrons. The van der Waals surface area contributed by atoms with E-state index < -0.39 is 0 Å². The summed E-state index contributed by atoms with van der Waals surface area (Å²) < 4.78 is 18.9. The Balaban J connectivity index is 1.62. The van der Waals surface area contributed by atoms with Gasteiger partial charge in [0.05, 0.1) is 33.0 Å². The molecule has 3 heterocycles. The van der Waals surface area contributed by atoms with E-state index in [1.54, 1.807) is 14.2 Å². The molecular formula is C22H25N3O3. The summed E-state index contributed by atoms with van der Waals surface area (Å²) in [5, 5.41) is 0. The highest BCUT2D eigenvalue weighted by atomic mass is 16.5. The SMILES string of the molecule is COCc1cc(-c2nccn2[C@@H]2COC[C@H]2Cc2ccncc2)ccc1OC. The average Bonchev–Trinajstić information content (AvgIpc) is 3.38. The van der Waals surface area contributed by atoms with Crippen LogP contribution in [0.5, 0.6) is 5.75 Å². The number of rotatable bonds is 7. The zero-order valence-electron chi connectivity index (χ0n) is 16.2. The summed E-state index contributed by atoms with van der Waals surface area (Å²) in [6, 6.07) is 10.5. The van der Waals surface area contributed by atoms with Crippen LogP contribution in [-0.2, 0) is 22.5 Å². The maximum atomic E-state index is 5.85. The molecule has 6 heteroatoms. The minimum atomic E-state index is 0.249. The van der Waals surface area contributed by atoms with Crippen LogP contribution in [0.1, 0.15) is 17.2 Å². The zero-order chi connectivity index (χ0) is 19.3. The van der Waals surface area contributed by atoms with E-state index in [0.29, 0.717) is 19.1 Å². The quantitative estimate of drug-likeness (QED) is 0.629. The van der Waals surface area contributed by atoms with Crippen molar-refractivity contribution in [2.75, 3.05) is 27.4 Å². The summed E-state index contributed by atoms with van der Waals surface area (Å²) in [6.07, 6.45) is 8.56. The number of ether oxygens (including phenoxy) is 3. The Morgan fingerprint density at radius 1 is 1.11 bits per heavy atom. The number of hydrogen-bond donors (Lipinski definition) is 0. The van der Waals surface area contributed by atoms with Gasteiger partial charge < -0.3 is 18.8 Å². The molecular weight excluding hydrogens is 354 g/mol. The molecule has 0 spiro atoms. The van der Waals surface area contributed by atoms with Crippen LogP contribution >= 0.6 is 0 Å². The van der Waals surface area contributed by atoms with Gasteiger partial charge in [-0.3, -0.25) is 4.98 Å². The van der Waals surface area contributed by atoms with Gasteiger partial charge in [-0.2, -0.15) is 0 Å². The van der Waals surface area contributed by atoms with Crippen molar-refractivity contribution in [1.82, 2.24) is 14.5 Å². The first-order valence-corrected chi connectivity index (χ1v) is 9.46. The Bertz CT molecular complexity index is 910. The lowest BCUT2D eigenvalue weighted by Gasteiger charge is -2.21. The smallest absolute Gasteiger partial charge is 0.140 e. The zero-order valence-corrected chi connectivity index (χ0v) is 16.2. The number of methoxy groups -OCH3 is 2. The van der Waals surface area contributed by atoms with Crippen molar-refractivity contribution in [3.05, 3.63) is 66.2 Å². The van der Waals surface area contributed by atoms with E-state index in [0.717, 1.165) is 35.7 Å². The van der Waals surface area contributed by atoms with Crippen molar-refractivity contribution in [2.45, 2.75) is 19.1 Å². The fraction of sp³-hybridized carbons (Fsp3) is 0.364. The highest BCUT2D eigenvalue weighted by Crippen LogP contribution is 2.34. The molecule has 2 atom stereocenters. The maximum Gasteiger partial charge on any atom is 0.140 e. The number of pyridine rings is 1. The van der Waals surface area contributed by atoms with E-state index in [1.807, 2.05) is 30.7 Å². The Hall–Kier alpha value is -2.70. The molecule has 1 fully saturated rings. The first-order valence-electron chi connectivity index (χ1n) is 9.46. The minimum absolute atomic E-state index is 0.249. The summed E-state index contributed by atoms with van der Waals surface area (Å²) in [6.45, 7) is 1.94. The van der Waals surface area contributed by atoms with Gasteiger partial charge in [0.2, 0.25) is 0 Å². The standard InChI is InChI=1S/C22H25N3O3/c1-26-13-19-12-17(3-4-21(19)27-2)22-24-9-10-25(22)20-15-28-14-18(20)11-16-5-7-23-8-6-16/h3-10,12,18,20H,11,13-15H2,1-2H3/t18-,20-/m1/s1. The fourth-order valence-corrected chi connectivity index (χ4v) is 3.90. The lowest BCUT2D eigenvalue weighted by Crippen LogP contribution is -2.20. The van der Waals surface area contributed by atoms with Crippen molar-refractivity contribution < 1.29 is 14.2 Å². The molecule has 4 rings (SSSR count). The Morgan fingerprint density at radius 3 is 2.75 bits per heavy atom. The Kier molecular flexibility index (Phi) is 5.69. The van der Waals surface area contributed by atoms with Crippen molar-refractivity contribution in [3.63, 3.8) is 0 Å². The molecule has 3 aromatic rings. The molecule has 0 saturated carbocycles. The van der Waals surface area contributed by atoms with Gasteiger partial charge in [-0.25, -0.2) is 4.98 Å². The second kappa shape index (κ2) is 8.54. The van der Waals surface area contributed by atoms with Crippen LogP contribution < -0.4 is 4.74 Å². The van der Waals surface area contributed by atoms with Gasteiger partial charge in [0.15, 0.2) is 0 Å². The summed E-state index contributed by atoms with van der Waals surface area (Å²) in [5.41, 5.74) is 3.34. The summed E-state index contributed by atoms with van der Waals surface area (Å²) >= 11 is 0. The van der Waals surface area contributed by atoms with Crippen LogP contribution in [-0.4, -0.2) is 42.0 Å². The molecule has 1 saturated heterocycles. The van der Waals surface area contributed by atoms with Gasteiger partial charge in [-0.05, 0) is 42.3 Å². The van der Waals surface area contributed by atoms with E-state index in [9.17, 15) is 0 Å². The number of imidazole rings is 1. The lowest BCUT2D eigenvalue weighted by molar-refractivity contribution is 0.181. The third-order valence-electron chi connectivity index (χ3n) is 5.28. The molecule has 28 heavy (non-hydrogen) atoms. The van der Waals surface area contributed by atoms with Crippen molar-refractivity contribution in [3.8, 4) is 17.1 Å². The van der Waals surface area contributed by atoms with Crippen molar-refractivity contribution >= 4 is 0 Å². The van der Waals surface area contributed by atoms with E-state index in [-0.39, 0.29) is 6.04 Å². The van der Waals surface area contributed by atoms with Gasteiger partial charge in [0.25, 0.3) is 0 Å². The monoisotopic (exact) mass is 379 g/mol. The van der Waals surface area contributed by atoms with Crippen LogP contribution in [0, 0.1) is 5.92 Å². The third kappa shape index (κ3) is 3.79. The maximum absolute atomic E-state index is 5.85. The van der Waals surface area contributed by atoms with Gasteiger partial charge in [-0.1, -0.05) is 0 Å². The van der Waals surface area contributed by atoms with Crippen LogP contribution in [0.3, 0.4) is 0 Å². The summed E-state index contributed by atoms with van der Waals surface area (Å²) in [5.74, 6) is 2.16. The van der Waals surface area contributed by atoms with Crippen LogP contribution in [0.25, 0.3) is 11.4 Å². The topological polar surface area (TPSA) is 58.4 Å². The normalized spacial score (nSPS) is 19.1. The minimum Gasteiger partial charge on any atom is -0.496 e. The van der Waals surface area contributed by atoms with Crippen molar-refractivity contribution in [2.24, 2.45) is 5.92 Å². The molecule has 1 aromatic carbocycles. The van der Waals surface area contributed by atoms with Crippen molar-refractivity contribution in [1.29, 1.82) is 0 Å². The lowest BCUT2D eigenvalue weighted by atomic mass is 9.95. The first-order chi connectivity index (χ1) is 13.8. The highest BCUT2D eigenvalue weighted by Gasteiger charge is 2.31. The number of aromatic nitrogens is 3. The van der Waals surface area contributed by atoms with E-state index in [1.165, 1.54) is 5.56 Å². The molecule has 1 aliphatic rings. The number of benzene rings is 1. The summed E-state index contributed by atoms with van der Waals surface area (Å²) in [4.78, 5) is 8.76. The number of hydrogen-bond acceptors (Lipinski definition) is 5. The molecule has 0 aliphatic carbocycles. The molecule has 1 aliphatic heterocycles. The molecule has 0 unspecified atom stereocenters. The van der Waals surface area contributed by atoms with Crippen LogP contribution in [0.2, 0.25) is 0 Å². The molecule has 2 aromatic heterocycles. The van der Waals surface area contributed by atoms with E-state index in [4.69, 9.17) is 14.2 Å². The molecule has 0 N–H and O–H groups in total. The Labute approximate surface area is 165 Å². The van der Waals surface area contributed by atoms with Gasteiger partial charge >= 0.3 is 0 Å². The molecule has 0 amide bonds. The average molecular weight is 379 g/mol. The molecule has 0 bridgehead atoms. The predicted molar refractivity (Wildman–Crippen MR) is 106 cm³/mol. The van der Waals surface area contributed by atoms with Gasteiger partial charge in [0.1, 0.15) is 11.6 Å². The predicted octanol–water partition coefficient (Wildman–Crippen LogP) is 3.53. The van der Waals surface area contributed by atoms with Gasteiger partial charge in [-0.15, -0.1) is 0 Å².